The van der Waals surface area contributed by atoms with Crippen molar-refractivity contribution in [2.24, 2.45) is 0 Å². The number of rotatable bonds is 2. The Balaban J connectivity index is 1.84. The Bertz CT molecular complexity index is 609. The van der Waals surface area contributed by atoms with E-state index in [0.29, 0.717) is 23.4 Å². The lowest BCUT2D eigenvalue weighted by molar-refractivity contribution is 0.480. The lowest BCUT2D eigenvalue weighted by Gasteiger charge is -2.30. The molecule has 5 nitrogen and oxygen atoms in total. The van der Waals surface area contributed by atoms with Crippen molar-refractivity contribution in [2.75, 3.05) is 24.5 Å². The topological polar surface area (TPSA) is 56.8 Å². The third kappa shape index (κ3) is 2.51. The molecule has 0 amide bonds. The van der Waals surface area contributed by atoms with E-state index in [2.05, 4.69) is 32.3 Å². The zero-order valence-electron chi connectivity index (χ0n) is 11.7. The van der Waals surface area contributed by atoms with Gasteiger partial charge in [0.15, 0.2) is 5.82 Å². The number of nitrogens with one attached hydrogen (secondary N) is 2. The third-order valence-corrected chi connectivity index (χ3v) is 3.56. The van der Waals surface area contributed by atoms with Crippen LogP contribution in [0.3, 0.4) is 0 Å². The molecule has 0 radical (unpaired) electrons. The molecule has 0 spiro atoms. The predicted molar refractivity (Wildman–Crippen MR) is 76.2 cm³/mol. The zero-order chi connectivity index (χ0) is 14.1. The number of anilines is 1. The summed E-state index contributed by atoms with van der Waals surface area (Å²) in [5.74, 6) is 1.18. The quantitative estimate of drug-likeness (QED) is 0.876. The van der Waals surface area contributed by atoms with Crippen molar-refractivity contribution in [3.05, 3.63) is 29.6 Å². The molecule has 1 fully saturated rings. The summed E-state index contributed by atoms with van der Waals surface area (Å²) < 4.78 is 13.3. The average Bonchev–Trinajstić information content (AvgIpc) is 2.92. The second kappa shape index (κ2) is 5.20. The van der Waals surface area contributed by atoms with Gasteiger partial charge in [0, 0.05) is 31.2 Å². The fraction of sp³-hybridized carbons (Fsp3) is 0.429. The SMILES string of the molecule is Cc1cc(-c2nc(N3CCN[C@H](C)C3)n[nH]2)ccc1F. The molecule has 1 saturated heterocycles. The Kier molecular flexibility index (Phi) is 3.40. The van der Waals surface area contributed by atoms with E-state index in [-0.39, 0.29) is 5.82 Å². The fourth-order valence-corrected chi connectivity index (χ4v) is 2.43. The largest absolute Gasteiger partial charge is 0.337 e. The maximum atomic E-state index is 13.3. The number of H-pyrrole nitrogens is 1. The molecule has 1 aromatic carbocycles. The molecule has 2 heterocycles. The molecule has 1 aliphatic rings. The number of halogens is 1. The summed E-state index contributed by atoms with van der Waals surface area (Å²) in [5.41, 5.74) is 1.46. The molecule has 0 saturated carbocycles. The van der Waals surface area contributed by atoms with E-state index in [1.54, 1.807) is 19.1 Å². The van der Waals surface area contributed by atoms with Crippen LogP contribution in [0.15, 0.2) is 18.2 Å². The zero-order valence-corrected chi connectivity index (χ0v) is 11.7. The minimum absolute atomic E-state index is 0.204. The number of nitrogens with zero attached hydrogens (tertiary/aromatic N) is 3. The normalized spacial score (nSPS) is 19.4. The standard InChI is InChI=1S/C14H18FN5/c1-9-7-11(3-4-12(9)15)13-17-14(19-18-13)20-6-5-16-10(2)8-20/h3-4,7,10,16H,5-6,8H2,1-2H3,(H,17,18,19)/t10-/m1/s1. The molecule has 2 aromatic rings. The van der Waals surface area contributed by atoms with Gasteiger partial charge in [-0.2, -0.15) is 4.98 Å². The van der Waals surface area contributed by atoms with Gasteiger partial charge in [0.1, 0.15) is 5.82 Å². The molecule has 0 aliphatic carbocycles. The monoisotopic (exact) mass is 275 g/mol. The first-order valence-electron chi connectivity index (χ1n) is 6.81. The number of hydrogen-bond acceptors (Lipinski definition) is 4. The van der Waals surface area contributed by atoms with Crippen molar-refractivity contribution in [1.29, 1.82) is 0 Å². The molecule has 0 bridgehead atoms. The van der Waals surface area contributed by atoms with Gasteiger partial charge in [-0.05, 0) is 37.6 Å². The van der Waals surface area contributed by atoms with Crippen LogP contribution in [0.25, 0.3) is 11.4 Å². The first-order chi connectivity index (χ1) is 9.63. The minimum Gasteiger partial charge on any atom is -0.337 e. The summed E-state index contributed by atoms with van der Waals surface area (Å²) in [5, 5.41) is 10.6. The van der Waals surface area contributed by atoms with Gasteiger partial charge in [0.05, 0.1) is 0 Å². The Morgan fingerprint density at radius 1 is 1.40 bits per heavy atom. The van der Waals surface area contributed by atoms with Gasteiger partial charge >= 0.3 is 0 Å². The number of aryl methyl sites for hydroxylation is 1. The highest BCUT2D eigenvalue weighted by Crippen LogP contribution is 2.20. The van der Waals surface area contributed by atoms with Crippen LogP contribution in [0, 0.1) is 12.7 Å². The van der Waals surface area contributed by atoms with Crippen LogP contribution >= 0.6 is 0 Å². The van der Waals surface area contributed by atoms with Gasteiger partial charge in [-0.25, -0.2) is 4.39 Å². The first-order valence-corrected chi connectivity index (χ1v) is 6.81. The second-order valence-electron chi connectivity index (χ2n) is 5.25. The van der Waals surface area contributed by atoms with Crippen LogP contribution in [0.5, 0.6) is 0 Å². The van der Waals surface area contributed by atoms with Crippen LogP contribution in [-0.2, 0) is 0 Å². The van der Waals surface area contributed by atoms with E-state index in [9.17, 15) is 4.39 Å². The van der Waals surface area contributed by atoms with Crippen molar-refractivity contribution < 1.29 is 4.39 Å². The first kappa shape index (κ1) is 13.1. The molecule has 1 aliphatic heterocycles. The third-order valence-electron chi connectivity index (χ3n) is 3.56. The summed E-state index contributed by atoms with van der Waals surface area (Å²) in [6.07, 6.45) is 0. The number of aromatic nitrogens is 3. The smallest absolute Gasteiger partial charge is 0.245 e. The fourth-order valence-electron chi connectivity index (χ4n) is 2.43. The van der Waals surface area contributed by atoms with Crippen molar-refractivity contribution in [3.8, 4) is 11.4 Å². The van der Waals surface area contributed by atoms with Crippen LogP contribution < -0.4 is 10.2 Å². The lowest BCUT2D eigenvalue weighted by Crippen LogP contribution is -2.49. The average molecular weight is 275 g/mol. The van der Waals surface area contributed by atoms with Crippen molar-refractivity contribution in [2.45, 2.75) is 19.9 Å². The Labute approximate surface area is 117 Å². The summed E-state index contributed by atoms with van der Waals surface area (Å²) >= 11 is 0. The van der Waals surface area contributed by atoms with Crippen molar-refractivity contribution in [3.63, 3.8) is 0 Å². The van der Waals surface area contributed by atoms with E-state index in [1.807, 2.05) is 0 Å². The van der Waals surface area contributed by atoms with Gasteiger partial charge in [0.25, 0.3) is 0 Å². The molecular weight excluding hydrogens is 257 g/mol. The summed E-state index contributed by atoms with van der Waals surface area (Å²) in [4.78, 5) is 6.67. The van der Waals surface area contributed by atoms with Crippen LogP contribution in [0.2, 0.25) is 0 Å². The summed E-state index contributed by atoms with van der Waals surface area (Å²) in [7, 11) is 0. The highest BCUT2D eigenvalue weighted by molar-refractivity contribution is 5.57. The van der Waals surface area contributed by atoms with Crippen LogP contribution in [0.1, 0.15) is 12.5 Å². The van der Waals surface area contributed by atoms with Gasteiger partial charge < -0.3 is 10.2 Å². The highest BCUT2D eigenvalue weighted by Gasteiger charge is 2.19. The van der Waals surface area contributed by atoms with Crippen LogP contribution in [-0.4, -0.2) is 40.9 Å². The van der Waals surface area contributed by atoms with Gasteiger partial charge in [-0.3, -0.25) is 5.10 Å². The molecular formula is C14H18FN5. The number of piperazine rings is 1. The highest BCUT2D eigenvalue weighted by atomic mass is 19.1. The maximum absolute atomic E-state index is 13.3. The van der Waals surface area contributed by atoms with Crippen molar-refractivity contribution in [1.82, 2.24) is 20.5 Å². The predicted octanol–water partition coefficient (Wildman–Crippen LogP) is 1.72. The van der Waals surface area contributed by atoms with Gasteiger partial charge in [0.2, 0.25) is 5.95 Å². The molecule has 20 heavy (non-hydrogen) atoms. The van der Waals surface area contributed by atoms with E-state index >= 15 is 0 Å². The van der Waals surface area contributed by atoms with Gasteiger partial charge in [-0.15, -0.1) is 5.10 Å². The maximum Gasteiger partial charge on any atom is 0.245 e. The molecule has 106 valence electrons. The van der Waals surface area contributed by atoms with Crippen LogP contribution in [0.4, 0.5) is 10.3 Å². The van der Waals surface area contributed by atoms with Crippen molar-refractivity contribution >= 4 is 5.95 Å². The van der Waals surface area contributed by atoms with Gasteiger partial charge in [-0.1, -0.05) is 0 Å². The Morgan fingerprint density at radius 3 is 3.00 bits per heavy atom. The molecule has 1 aromatic heterocycles. The summed E-state index contributed by atoms with van der Waals surface area (Å²) in [6, 6.07) is 5.38. The molecule has 6 heteroatoms. The number of benzene rings is 1. The Morgan fingerprint density at radius 2 is 2.25 bits per heavy atom. The summed E-state index contributed by atoms with van der Waals surface area (Å²) in [6.45, 7) is 6.60. The van der Waals surface area contributed by atoms with E-state index < -0.39 is 0 Å². The second-order valence-corrected chi connectivity index (χ2v) is 5.25. The number of aromatic amines is 1. The van der Waals surface area contributed by atoms with E-state index in [4.69, 9.17) is 0 Å². The lowest BCUT2D eigenvalue weighted by atomic mass is 10.1. The molecule has 3 rings (SSSR count). The molecule has 0 unspecified atom stereocenters. The van der Waals surface area contributed by atoms with E-state index in [1.165, 1.54) is 6.07 Å². The minimum atomic E-state index is -0.204. The molecule has 2 N–H and O–H groups in total. The number of hydrogen-bond donors (Lipinski definition) is 2. The van der Waals surface area contributed by atoms with E-state index in [0.717, 1.165) is 25.2 Å². The molecule has 1 atom stereocenters. The Hall–Kier alpha value is -1.95.